The number of allylic oxidation sites excluding steroid dienone is 2. The Morgan fingerprint density at radius 1 is 1.26 bits per heavy atom. The summed E-state index contributed by atoms with van der Waals surface area (Å²) in [6.07, 6.45) is 10.5. The van der Waals surface area contributed by atoms with Crippen molar-refractivity contribution >= 4 is 5.69 Å². The Labute approximate surface area is 164 Å². The SMILES string of the molecule is C=CCc1ccccc1N[C@@H]1CC(C)(C)/C=C/C[C@@](C)(O)C2CC[C@@]1(C)O2. The lowest BCUT2D eigenvalue weighted by Gasteiger charge is -2.42. The van der Waals surface area contributed by atoms with E-state index >= 15 is 0 Å². The van der Waals surface area contributed by atoms with Gasteiger partial charge in [0.15, 0.2) is 0 Å². The summed E-state index contributed by atoms with van der Waals surface area (Å²) < 4.78 is 6.55. The predicted molar refractivity (Wildman–Crippen MR) is 113 cm³/mol. The minimum atomic E-state index is -0.826. The minimum Gasteiger partial charge on any atom is -0.387 e. The number of ether oxygens (including phenoxy) is 1. The van der Waals surface area contributed by atoms with Crippen molar-refractivity contribution in [1.82, 2.24) is 0 Å². The van der Waals surface area contributed by atoms with Gasteiger partial charge in [-0.15, -0.1) is 6.58 Å². The molecule has 4 atom stereocenters. The van der Waals surface area contributed by atoms with Gasteiger partial charge >= 0.3 is 0 Å². The van der Waals surface area contributed by atoms with E-state index in [0.29, 0.717) is 6.42 Å². The van der Waals surface area contributed by atoms with Gasteiger partial charge in [0.05, 0.1) is 23.3 Å². The van der Waals surface area contributed by atoms with Crippen LogP contribution < -0.4 is 5.32 Å². The van der Waals surface area contributed by atoms with Gasteiger partial charge in [-0.1, -0.05) is 50.3 Å². The second-order valence-electron chi connectivity index (χ2n) is 9.46. The molecule has 3 heteroatoms. The van der Waals surface area contributed by atoms with E-state index in [9.17, 15) is 5.11 Å². The van der Waals surface area contributed by atoms with E-state index in [-0.39, 0.29) is 23.2 Å². The molecule has 0 radical (unpaired) electrons. The lowest BCUT2D eigenvalue weighted by Crippen LogP contribution is -2.49. The first-order valence-electron chi connectivity index (χ1n) is 10.2. The fourth-order valence-corrected chi connectivity index (χ4v) is 4.50. The minimum absolute atomic E-state index is 0.0168. The number of fused-ring (bicyclic) bond motifs is 2. The molecule has 3 nitrogen and oxygen atoms in total. The molecule has 0 aliphatic carbocycles. The molecule has 0 saturated carbocycles. The zero-order valence-electron chi connectivity index (χ0n) is 17.3. The molecule has 2 aliphatic heterocycles. The van der Waals surface area contributed by atoms with Crippen LogP contribution in [0.5, 0.6) is 0 Å². The maximum absolute atomic E-state index is 10.9. The van der Waals surface area contributed by atoms with Gasteiger partial charge in [-0.05, 0) is 63.0 Å². The molecule has 27 heavy (non-hydrogen) atoms. The molecule has 1 aromatic rings. The normalized spacial score (nSPS) is 36.8. The molecule has 3 rings (SSSR count). The first-order chi connectivity index (χ1) is 12.7. The van der Waals surface area contributed by atoms with Crippen molar-refractivity contribution in [3.63, 3.8) is 0 Å². The summed E-state index contributed by atoms with van der Waals surface area (Å²) in [6, 6.07) is 8.60. The molecule has 0 spiro atoms. The zero-order valence-corrected chi connectivity index (χ0v) is 17.3. The second kappa shape index (κ2) is 7.44. The van der Waals surface area contributed by atoms with Crippen LogP contribution in [-0.2, 0) is 11.2 Å². The van der Waals surface area contributed by atoms with E-state index < -0.39 is 5.60 Å². The number of hydrogen-bond acceptors (Lipinski definition) is 3. The smallest absolute Gasteiger partial charge is 0.0914 e. The van der Waals surface area contributed by atoms with Crippen LogP contribution >= 0.6 is 0 Å². The third kappa shape index (κ3) is 4.47. The average Bonchev–Trinajstić information content (AvgIpc) is 2.99. The molecular formula is C24H35NO2. The highest BCUT2D eigenvalue weighted by atomic mass is 16.5. The number of nitrogens with one attached hydrogen (secondary N) is 1. The van der Waals surface area contributed by atoms with Gasteiger partial charge in [-0.2, -0.15) is 0 Å². The van der Waals surface area contributed by atoms with Crippen LogP contribution in [0.2, 0.25) is 0 Å². The van der Waals surface area contributed by atoms with Gasteiger partial charge in [0.2, 0.25) is 0 Å². The van der Waals surface area contributed by atoms with Gasteiger partial charge in [-0.25, -0.2) is 0 Å². The van der Waals surface area contributed by atoms with Gasteiger partial charge in [0.1, 0.15) is 0 Å². The summed E-state index contributed by atoms with van der Waals surface area (Å²) in [5.74, 6) is 0. The van der Waals surface area contributed by atoms with Crippen LogP contribution in [0.1, 0.15) is 58.9 Å². The van der Waals surface area contributed by atoms with Crippen LogP contribution in [-0.4, -0.2) is 28.5 Å². The number of anilines is 1. The summed E-state index contributed by atoms with van der Waals surface area (Å²) in [7, 11) is 0. The van der Waals surface area contributed by atoms with Crippen molar-refractivity contribution in [3.8, 4) is 0 Å². The lowest BCUT2D eigenvalue weighted by atomic mass is 9.78. The number of benzene rings is 1. The van der Waals surface area contributed by atoms with Crippen LogP contribution in [0.15, 0.2) is 49.1 Å². The zero-order chi connectivity index (χ0) is 19.7. The van der Waals surface area contributed by atoms with Crippen LogP contribution in [0.3, 0.4) is 0 Å². The Hall–Kier alpha value is -1.58. The second-order valence-corrected chi connectivity index (χ2v) is 9.46. The fourth-order valence-electron chi connectivity index (χ4n) is 4.50. The van der Waals surface area contributed by atoms with Gasteiger partial charge in [0, 0.05) is 5.69 Å². The van der Waals surface area contributed by atoms with Gasteiger partial charge < -0.3 is 15.2 Å². The quantitative estimate of drug-likeness (QED) is 0.711. The van der Waals surface area contributed by atoms with Crippen molar-refractivity contribution in [3.05, 3.63) is 54.6 Å². The first kappa shape index (κ1) is 20.2. The molecule has 2 N–H and O–H groups in total. The molecule has 2 bridgehead atoms. The molecule has 0 aromatic heterocycles. The summed E-state index contributed by atoms with van der Waals surface area (Å²) in [5.41, 5.74) is 1.29. The maximum Gasteiger partial charge on any atom is 0.0914 e. The highest BCUT2D eigenvalue weighted by molar-refractivity contribution is 5.53. The van der Waals surface area contributed by atoms with Crippen LogP contribution in [0.4, 0.5) is 5.69 Å². The molecule has 1 fully saturated rings. The molecule has 2 heterocycles. The van der Waals surface area contributed by atoms with Crippen molar-refractivity contribution in [2.24, 2.45) is 5.41 Å². The summed E-state index contributed by atoms with van der Waals surface area (Å²) in [5, 5.41) is 14.8. The van der Waals surface area contributed by atoms with Crippen molar-refractivity contribution in [2.45, 2.75) is 83.1 Å². The highest BCUT2D eigenvalue weighted by Crippen LogP contribution is 2.44. The number of aliphatic hydroxyl groups is 1. The van der Waals surface area contributed by atoms with E-state index in [1.165, 1.54) is 5.56 Å². The molecule has 1 saturated heterocycles. The Morgan fingerprint density at radius 2 is 2.00 bits per heavy atom. The molecule has 148 valence electrons. The fraction of sp³-hybridized carbons (Fsp3) is 0.583. The number of rotatable bonds is 4. The highest BCUT2D eigenvalue weighted by Gasteiger charge is 2.49. The van der Waals surface area contributed by atoms with Crippen molar-refractivity contribution in [2.75, 3.05) is 5.32 Å². The Kier molecular flexibility index (Phi) is 5.56. The maximum atomic E-state index is 10.9. The molecule has 1 aromatic carbocycles. The monoisotopic (exact) mass is 369 g/mol. The lowest BCUT2D eigenvalue weighted by molar-refractivity contribution is -0.130. The third-order valence-corrected chi connectivity index (χ3v) is 6.29. The topological polar surface area (TPSA) is 41.5 Å². The molecule has 1 unspecified atom stereocenters. The first-order valence-corrected chi connectivity index (χ1v) is 10.2. The van der Waals surface area contributed by atoms with Gasteiger partial charge in [0.25, 0.3) is 0 Å². The molecular weight excluding hydrogens is 334 g/mol. The number of para-hydroxylation sites is 1. The van der Waals surface area contributed by atoms with Crippen LogP contribution in [0, 0.1) is 5.41 Å². The van der Waals surface area contributed by atoms with E-state index in [4.69, 9.17) is 4.74 Å². The summed E-state index contributed by atoms with van der Waals surface area (Å²) >= 11 is 0. The van der Waals surface area contributed by atoms with Crippen LogP contribution in [0.25, 0.3) is 0 Å². The Balaban J connectivity index is 1.95. The average molecular weight is 370 g/mol. The standard InChI is InChI=1S/C24H35NO2/c1-6-10-18-11-7-8-12-19(18)25-20-17-22(2,3)14-9-15-23(4,26)21-13-16-24(20,5)27-21/h6-9,11-12,14,20-21,25-26H,1,10,13,15-17H2,2-5H3/b14-9+/t20-,21?,23-,24-/m1/s1. The number of hydrogen-bond donors (Lipinski definition) is 2. The molecule has 0 amide bonds. The van der Waals surface area contributed by atoms with E-state index in [0.717, 1.165) is 31.4 Å². The molecule has 2 aliphatic rings. The van der Waals surface area contributed by atoms with E-state index in [2.05, 4.69) is 69.1 Å². The Morgan fingerprint density at radius 3 is 2.74 bits per heavy atom. The summed E-state index contributed by atoms with van der Waals surface area (Å²) in [6.45, 7) is 12.5. The predicted octanol–water partition coefficient (Wildman–Crippen LogP) is 5.26. The van der Waals surface area contributed by atoms with E-state index in [1.807, 2.05) is 13.0 Å². The van der Waals surface area contributed by atoms with Gasteiger partial charge in [-0.3, -0.25) is 0 Å². The van der Waals surface area contributed by atoms with E-state index in [1.54, 1.807) is 0 Å². The van der Waals surface area contributed by atoms with Crippen molar-refractivity contribution in [1.29, 1.82) is 0 Å². The summed E-state index contributed by atoms with van der Waals surface area (Å²) in [4.78, 5) is 0. The Bertz CT molecular complexity index is 706. The van der Waals surface area contributed by atoms with Crippen molar-refractivity contribution < 1.29 is 9.84 Å². The third-order valence-electron chi connectivity index (χ3n) is 6.29. The largest absolute Gasteiger partial charge is 0.387 e.